The van der Waals surface area contributed by atoms with Gasteiger partial charge in [0.2, 0.25) is 10.0 Å². The molecule has 1 aromatic carbocycles. The molecule has 0 amide bonds. The van der Waals surface area contributed by atoms with E-state index < -0.39 is 10.0 Å². The minimum atomic E-state index is -3.64. The molecular weight excluding hydrogens is 278 g/mol. The number of sulfonamides is 1. The fourth-order valence-electron chi connectivity index (χ4n) is 1.37. The smallest absolute Gasteiger partial charge is 0.225 e. The molecule has 0 atom stereocenters. The van der Waals surface area contributed by atoms with Gasteiger partial charge in [-0.2, -0.15) is 0 Å². The average Bonchev–Trinajstić information content (AvgIpc) is 2.06. The van der Waals surface area contributed by atoms with Gasteiger partial charge in [0, 0.05) is 4.47 Å². The summed E-state index contributed by atoms with van der Waals surface area (Å²) in [6, 6.07) is 3.43. The van der Waals surface area contributed by atoms with Crippen molar-refractivity contribution in [1.29, 1.82) is 0 Å². The van der Waals surface area contributed by atoms with E-state index in [1.54, 1.807) is 6.07 Å². The minimum Gasteiger partial charge on any atom is -0.225 e. The Labute approximate surface area is 98.9 Å². The quantitative estimate of drug-likeness (QED) is 0.910. The van der Waals surface area contributed by atoms with E-state index in [4.69, 9.17) is 5.14 Å². The number of rotatable bonds is 2. The summed E-state index contributed by atoms with van der Waals surface area (Å²) in [6.07, 6.45) is 0. The molecule has 0 radical (unpaired) electrons. The molecule has 0 heterocycles. The van der Waals surface area contributed by atoms with Gasteiger partial charge in [-0.3, -0.25) is 0 Å². The van der Waals surface area contributed by atoms with Crippen LogP contribution in [0.15, 0.2) is 21.5 Å². The third-order valence-electron chi connectivity index (χ3n) is 2.22. The van der Waals surface area contributed by atoms with Gasteiger partial charge in [0.1, 0.15) is 0 Å². The second-order valence-corrected chi connectivity index (χ2v) is 6.22. The molecule has 0 fully saturated rings. The molecular formula is C10H14BrNO2S. The van der Waals surface area contributed by atoms with Crippen LogP contribution in [-0.2, 0) is 10.0 Å². The van der Waals surface area contributed by atoms with Gasteiger partial charge in [0.15, 0.2) is 0 Å². The molecule has 0 unspecified atom stereocenters. The lowest BCUT2D eigenvalue weighted by molar-refractivity contribution is 0.595. The van der Waals surface area contributed by atoms with Crippen LogP contribution in [0.5, 0.6) is 0 Å². The summed E-state index contributed by atoms with van der Waals surface area (Å²) in [5, 5.41) is 5.17. The molecule has 0 saturated heterocycles. The minimum absolute atomic E-state index is 0.121. The highest BCUT2D eigenvalue weighted by Crippen LogP contribution is 2.29. The van der Waals surface area contributed by atoms with Crippen LogP contribution in [0.2, 0.25) is 0 Å². The molecule has 3 nitrogen and oxygen atoms in total. The van der Waals surface area contributed by atoms with Crippen LogP contribution in [0, 0.1) is 6.92 Å². The zero-order chi connectivity index (χ0) is 11.8. The van der Waals surface area contributed by atoms with Crippen LogP contribution in [-0.4, -0.2) is 8.42 Å². The lowest BCUT2D eigenvalue weighted by Gasteiger charge is -2.13. The first-order chi connectivity index (χ1) is 6.73. The van der Waals surface area contributed by atoms with E-state index in [1.807, 2.05) is 26.8 Å². The van der Waals surface area contributed by atoms with Crippen molar-refractivity contribution in [3.8, 4) is 0 Å². The standard InChI is InChI=1S/C10H14BrNO2S/c1-6(2)8-5-9(11)7(3)4-10(8)15(12,13)14/h4-6H,1-3H3,(H2,12,13,14). The molecule has 84 valence electrons. The predicted octanol–water partition coefficient (Wildman–Crippen LogP) is 2.53. The van der Waals surface area contributed by atoms with Crippen molar-refractivity contribution in [3.63, 3.8) is 0 Å². The molecule has 0 saturated carbocycles. The van der Waals surface area contributed by atoms with E-state index in [1.165, 1.54) is 0 Å². The summed E-state index contributed by atoms with van der Waals surface area (Å²) >= 11 is 3.38. The summed E-state index contributed by atoms with van der Waals surface area (Å²) in [7, 11) is -3.64. The number of hydrogen-bond donors (Lipinski definition) is 1. The molecule has 0 spiro atoms. The Morgan fingerprint density at radius 1 is 1.33 bits per heavy atom. The van der Waals surface area contributed by atoms with Crippen molar-refractivity contribution in [2.24, 2.45) is 5.14 Å². The van der Waals surface area contributed by atoms with Crippen molar-refractivity contribution in [3.05, 3.63) is 27.7 Å². The molecule has 5 heteroatoms. The Morgan fingerprint density at radius 3 is 2.27 bits per heavy atom. The number of primary sulfonamides is 1. The maximum absolute atomic E-state index is 11.4. The number of benzene rings is 1. The summed E-state index contributed by atoms with van der Waals surface area (Å²) in [5.74, 6) is 0.121. The third kappa shape index (κ3) is 2.80. The van der Waals surface area contributed by atoms with Crippen LogP contribution in [0.3, 0.4) is 0 Å². The van der Waals surface area contributed by atoms with E-state index in [9.17, 15) is 8.42 Å². The Hall–Kier alpha value is -0.390. The average molecular weight is 292 g/mol. The summed E-state index contributed by atoms with van der Waals surface area (Å²) in [5.41, 5.74) is 1.61. The molecule has 0 aromatic heterocycles. The van der Waals surface area contributed by atoms with E-state index in [0.29, 0.717) is 0 Å². The summed E-state index contributed by atoms with van der Waals surface area (Å²) in [6.45, 7) is 5.71. The largest absolute Gasteiger partial charge is 0.238 e. The fraction of sp³-hybridized carbons (Fsp3) is 0.400. The van der Waals surface area contributed by atoms with Crippen molar-refractivity contribution in [2.75, 3.05) is 0 Å². The van der Waals surface area contributed by atoms with E-state index >= 15 is 0 Å². The van der Waals surface area contributed by atoms with Crippen LogP contribution >= 0.6 is 15.9 Å². The van der Waals surface area contributed by atoms with Crippen LogP contribution in [0.4, 0.5) is 0 Å². The normalized spacial score (nSPS) is 12.1. The zero-order valence-electron chi connectivity index (χ0n) is 8.91. The molecule has 0 bridgehead atoms. The number of hydrogen-bond acceptors (Lipinski definition) is 2. The topological polar surface area (TPSA) is 60.2 Å². The molecule has 2 N–H and O–H groups in total. The van der Waals surface area contributed by atoms with Gasteiger partial charge >= 0.3 is 0 Å². The van der Waals surface area contributed by atoms with Gasteiger partial charge in [-0.15, -0.1) is 0 Å². The Bertz CT molecular complexity index is 480. The van der Waals surface area contributed by atoms with Crippen molar-refractivity contribution >= 4 is 26.0 Å². The highest BCUT2D eigenvalue weighted by atomic mass is 79.9. The molecule has 1 aromatic rings. The molecule has 15 heavy (non-hydrogen) atoms. The Balaban J connectivity index is 3.56. The molecule has 0 aliphatic heterocycles. The monoisotopic (exact) mass is 291 g/mol. The SMILES string of the molecule is Cc1cc(S(N)(=O)=O)c(C(C)C)cc1Br. The number of nitrogens with two attached hydrogens (primary N) is 1. The Kier molecular flexibility index (Phi) is 3.58. The second-order valence-electron chi connectivity index (χ2n) is 3.84. The second kappa shape index (κ2) is 4.23. The van der Waals surface area contributed by atoms with Crippen molar-refractivity contribution < 1.29 is 8.42 Å². The van der Waals surface area contributed by atoms with E-state index in [2.05, 4.69) is 15.9 Å². The van der Waals surface area contributed by atoms with Gasteiger partial charge < -0.3 is 0 Å². The van der Waals surface area contributed by atoms with E-state index in [-0.39, 0.29) is 10.8 Å². The zero-order valence-corrected chi connectivity index (χ0v) is 11.3. The predicted molar refractivity (Wildman–Crippen MR) is 64.3 cm³/mol. The van der Waals surface area contributed by atoms with Crippen LogP contribution < -0.4 is 5.14 Å². The lowest BCUT2D eigenvalue weighted by atomic mass is 10.0. The first kappa shape index (κ1) is 12.7. The van der Waals surface area contributed by atoms with E-state index in [0.717, 1.165) is 15.6 Å². The lowest BCUT2D eigenvalue weighted by Crippen LogP contribution is -2.15. The molecule has 0 aliphatic carbocycles. The van der Waals surface area contributed by atoms with Gasteiger partial charge in [-0.1, -0.05) is 29.8 Å². The summed E-state index contributed by atoms with van der Waals surface area (Å²) in [4.78, 5) is 0.221. The van der Waals surface area contributed by atoms with Crippen molar-refractivity contribution in [2.45, 2.75) is 31.6 Å². The van der Waals surface area contributed by atoms with Crippen LogP contribution in [0.25, 0.3) is 0 Å². The van der Waals surface area contributed by atoms with Gasteiger partial charge in [-0.05, 0) is 36.1 Å². The van der Waals surface area contributed by atoms with Crippen LogP contribution in [0.1, 0.15) is 30.9 Å². The van der Waals surface area contributed by atoms with Gasteiger partial charge in [0.25, 0.3) is 0 Å². The van der Waals surface area contributed by atoms with Gasteiger partial charge in [-0.25, -0.2) is 13.6 Å². The Morgan fingerprint density at radius 2 is 1.87 bits per heavy atom. The maximum Gasteiger partial charge on any atom is 0.238 e. The fourth-order valence-corrected chi connectivity index (χ4v) is 2.69. The number of halogens is 1. The maximum atomic E-state index is 11.4. The number of aryl methyl sites for hydroxylation is 1. The molecule has 0 aliphatic rings. The highest BCUT2D eigenvalue weighted by molar-refractivity contribution is 9.10. The molecule has 1 rings (SSSR count). The third-order valence-corrected chi connectivity index (χ3v) is 4.04. The first-order valence-corrected chi connectivity index (χ1v) is 6.90. The van der Waals surface area contributed by atoms with Crippen molar-refractivity contribution in [1.82, 2.24) is 0 Å². The summed E-state index contributed by atoms with van der Waals surface area (Å²) < 4.78 is 23.7. The first-order valence-electron chi connectivity index (χ1n) is 4.56. The highest BCUT2D eigenvalue weighted by Gasteiger charge is 2.17. The van der Waals surface area contributed by atoms with Gasteiger partial charge in [0.05, 0.1) is 4.90 Å².